The van der Waals surface area contributed by atoms with Gasteiger partial charge < -0.3 is 9.84 Å². The predicted octanol–water partition coefficient (Wildman–Crippen LogP) is 2.31. The number of epoxide rings is 1. The summed E-state index contributed by atoms with van der Waals surface area (Å²) in [6, 6.07) is 0. The monoisotopic (exact) mass is 208 g/mol. The van der Waals surface area contributed by atoms with Crippen molar-refractivity contribution in [2.75, 3.05) is 0 Å². The van der Waals surface area contributed by atoms with E-state index in [1.807, 2.05) is 0 Å². The van der Waals surface area contributed by atoms with Crippen molar-refractivity contribution in [1.82, 2.24) is 0 Å². The smallest absolute Gasteiger partial charge is 0.327 e. The third-order valence-corrected chi connectivity index (χ3v) is 2.13. The molecule has 0 aromatic rings. The van der Waals surface area contributed by atoms with Crippen LogP contribution in [0.4, 0.5) is 0 Å². The van der Waals surface area contributed by atoms with E-state index >= 15 is 0 Å². The largest absolute Gasteiger partial charge is 0.478 e. The minimum atomic E-state index is -0.910. The Morgan fingerprint density at radius 3 is 2.93 bits per heavy atom. The number of hydrogen-bond acceptors (Lipinski definition) is 2. The standard InChI is InChI=1S/C6H8O2.C6H8O/c1-2-3-4-5-6(7)8;1-2-4-6-5(3-1)7-6/h2,4-5H,1,3H2,(H,7,8);1,3,5-6H,2,4H2/b5-4+;. The van der Waals surface area contributed by atoms with Crippen LogP contribution in [0.15, 0.2) is 37.0 Å². The van der Waals surface area contributed by atoms with Crippen LogP contribution in [0.5, 0.6) is 0 Å². The molecular formula is C12H16O3. The highest BCUT2D eigenvalue weighted by Crippen LogP contribution is 2.31. The topological polar surface area (TPSA) is 49.8 Å². The fraction of sp³-hybridized carbons (Fsp3) is 0.417. The summed E-state index contributed by atoms with van der Waals surface area (Å²) in [5.41, 5.74) is 0. The summed E-state index contributed by atoms with van der Waals surface area (Å²) in [5.74, 6) is -0.910. The van der Waals surface area contributed by atoms with Crippen LogP contribution >= 0.6 is 0 Å². The Bertz CT molecular complexity index is 279. The van der Waals surface area contributed by atoms with Crippen molar-refractivity contribution < 1.29 is 14.6 Å². The van der Waals surface area contributed by atoms with Gasteiger partial charge in [0.25, 0.3) is 0 Å². The second kappa shape index (κ2) is 6.19. The highest BCUT2D eigenvalue weighted by Gasteiger charge is 2.37. The third-order valence-electron chi connectivity index (χ3n) is 2.13. The number of fused-ring (bicyclic) bond motifs is 1. The molecule has 0 amide bonds. The Balaban J connectivity index is 0.000000150. The van der Waals surface area contributed by atoms with E-state index in [2.05, 4.69) is 18.7 Å². The first-order valence-corrected chi connectivity index (χ1v) is 5.06. The zero-order valence-corrected chi connectivity index (χ0v) is 8.63. The molecule has 1 aliphatic carbocycles. The van der Waals surface area contributed by atoms with E-state index in [0.717, 1.165) is 6.08 Å². The van der Waals surface area contributed by atoms with Crippen molar-refractivity contribution in [2.24, 2.45) is 0 Å². The maximum absolute atomic E-state index is 9.75. The van der Waals surface area contributed by atoms with Gasteiger partial charge in [0.2, 0.25) is 0 Å². The Morgan fingerprint density at radius 2 is 2.47 bits per heavy atom. The lowest BCUT2D eigenvalue weighted by Gasteiger charge is -1.91. The molecule has 15 heavy (non-hydrogen) atoms. The molecule has 0 aromatic heterocycles. The number of aliphatic carboxylic acids is 1. The first-order valence-electron chi connectivity index (χ1n) is 5.06. The van der Waals surface area contributed by atoms with Gasteiger partial charge in [0.1, 0.15) is 6.10 Å². The molecule has 1 N–H and O–H groups in total. The molecule has 1 heterocycles. The van der Waals surface area contributed by atoms with Gasteiger partial charge in [-0.2, -0.15) is 0 Å². The fourth-order valence-corrected chi connectivity index (χ4v) is 1.31. The molecule has 0 bridgehead atoms. The molecule has 1 fully saturated rings. The molecule has 1 saturated heterocycles. The van der Waals surface area contributed by atoms with Crippen LogP contribution in [0.1, 0.15) is 19.3 Å². The van der Waals surface area contributed by atoms with E-state index in [1.165, 1.54) is 18.9 Å². The van der Waals surface area contributed by atoms with Crippen molar-refractivity contribution >= 4 is 5.97 Å². The van der Waals surface area contributed by atoms with E-state index in [0.29, 0.717) is 18.6 Å². The van der Waals surface area contributed by atoms with E-state index in [-0.39, 0.29) is 0 Å². The molecule has 2 unspecified atom stereocenters. The summed E-state index contributed by atoms with van der Waals surface area (Å²) in [7, 11) is 0. The number of hydrogen-bond donors (Lipinski definition) is 1. The highest BCUT2D eigenvalue weighted by molar-refractivity contribution is 5.79. The molecule has 2 rings (SSSR count). The number of rotatable bonds is 3. The second-order valence-electron chi connectivity index (χ2n) is 3.41. The minimum absolute atomic E-state index is 0.522. The molecular weight excluding hydrogens is 192 g/mol. The number of carbonyl (C=O) groups is 1. The van der Waals surface area contributed by atoms with E-state index in [4.69, 9.17) is 9.84 Å². The average molecular weight is 208 g/mol. The summed E-state index contributed by atoms with van der Waals surface area (Å²) in [6.07, 6.45) is 12.9. The maximum atomic E-state index is 9.75. The fourth-order valence-electron chi connectivity index (χ4n) is 1.31. The molecule has 0 spiro atoms. The highest BCUT2D eigenvalue weighted by atomic mass is 16.6. The molecule has 2 aliphatic rings. The molecule has 0 aromatic carbocycles. The normalized spacial score (nSPS) is 26.4. The molecule has 2 atom stereocenters. The SMILES string of the molecule is C1=CC2OC2CC1.C=CC/C=C/C(=O)O. The third kappa shape index (κ3) is 5.18. The van der Waals surface area contributed by atoms with Crippen molar-refractivity contribution in [3.05, 3.63) is 37.0 Å². The lowest BCUT2D eigenvalue weighted by Crippen LogP contribution is -1.93. The van der Waals surface area contributed by atoms with Crippen LogP contribution in [0.3, 0.4) is 0 Å². The van der Waals surface area contributed by atoms with Gasteiger partial charge in [0, 0.05) is 6.08 Å². The van der Waals surface area contributed by atoms with Gasteiger partial charge in [0.05, 0.1) is 6.10 Å². The number of carboxylic acids is 1. The van der Waals surface area contributed by atoms with Gasteiger partial charge in [-0.05, 0) is 19.3 Å². The van der Waals surface area contributed by atoms with Crippen LogP contribution in [0.2, 0.25) is 0 Å². The summed E-state index contributed by atoms with van der Waals surface area (Å²) < 4.78 is 5.19. The Kier molecular flexibility index (Phi) is 4.84. The summed E-state index contributed by atoms with van der Waals surface area (Å²) >= 11 is 0. The minimum Gasteiger partial charge on any atom is -0.478 e. The lowest BCUT2D eigenvalue weighted by atomic mass is 10.1. The van der Waals surface area contributed by atoms with E-state index < -0.39 is 5.97 Å². The Labute approximate surface area is 89.7 Å². The van der Waals surface area contributed by atoms with Gasteiger partial charge in [0.15, 0.2) is 0 Å². The van der Waals surface area contributed by atoms with Crippen molar-refractivity contribution in [3.63, 3.8) is 0 Å². The van der Waals surface area contributed by atoms with Gasteiger partial charge in [-0.25, -0.2) is 4.79 Å². The first kappa shape index (κ1) is 11.7. The van der Waals surface area contributed by atoms with E-state index in [1.54, 1.807) is 6.08 Å². The van der Waals surface area contributed by atoms with Crippen LogP contribution in [0.25, 0.3) is 0 Å². The molecule has 82 valence electrons. The van der Waals surface area contributed by atoms with Gasteiger partial charge in [-0.15, -0.1) is 6.58 Å². The maximum Gasteiger partial charge on any atom is 0.327 e. The predicted molar refractivity (Wildman–Crippen MR) is 58.6 cm³/mol. The summed E-state index contributed by atoms with van der Waals surface area (Å²) in [5, 5.41) is 8.02. The molecule has 0 radical (unpaired) electrons. The number of ether oxygens (including phenoxy) is 1. The van der Waals surface area contributed by atoms with Crippen LogP contribution in [-0.4, -0.2) is 23.3 Å². The number of allylic oxidation sites excluding steroid dienone is 3. The molecule has 3 nitrogen and oxygen atoms in total. The number of carboxylic acid groups (broad SMARTS) is 1. The van der Waals surface area contributed by atoms with Crippen LogP contribution < -0.4 is 0 Å². The Morgan fingerprint density at radius 1 is 1.67 bits per heavy atom. The molecule has 1 aliphatic heterocycles. The lowest BCUT2D eigenvalue weighted by molar-refractivity contribution is -0.131. The Hall–Kier alpha value is -1.35. The van der Waals surface area contributed by atoms with Crippen molar-refractivity contribution in [1.29, 1.82) is 0 Å². The van der Waals surface area contributed by atoms with E-state index in [9.17, 15) is 4.79 Å². The van der Waals surface area contributed by atoms with Crippen molar-refractivity contribution in [3.8, 4) is 0 Å². The van der Waals surface area contributed by atoms with Crippen LogP contribution in [-0.2, 0) is 9.53 Å². The average Bonchev–Trinajstić information content (AvgIpc) is 2.97. The van der Waals surface area contributed by atoms with Gasteiger partial charge >= 0.3 is 5.97 Å². The zero-order valence-electron chi connectivity index (χ0n) is 8.63. The molecule has 3 heteroatoms. The van der Waals surface area contributed by atoms with Crippen molar-refractivity contribution in [2.45, 2.75) is 31.5 Å². The molecule has 0 saturated carbocycles. The first-order chi connectivity index (χ1) is 7.24. The summed E-state index contributed by atoms with van der Waals surface area (Å²) in [6.45, 7) is 3.41. The summed E-state index contributed by atoms with van der Waals surface area (Å²) in [4.78, 5) is 9.75. The van der Waals surface area contributed by atoms with Gasteiger partial charge in [-0.3, -0.25) is 0 Å². The van der Waals surface area contributed by atoms with Gasteiger partial charge in [-0.1, -0.05) is 24.3 Å². The van der Waals surface area contributed by atoms with Crippen LogP contribution in [0, 0.1) is 0 Å². The second-order valence-corrected chi connectivity index (χ2v) is 3.41. The quantitative estimate of drug-likeness (QED) is 0.440. The zero-order chi connectivity index (χ0) is 11.1.